The van der Waals surface area contributed by atoms with E-state index in [-0.39, 0.29) is 24.3 Å². The van der Waals surface area contributed by atoms with Crippen molar-refractivity contribution in [3.63, 3.8) is 0 Å². The molecule has 1 saturated carbocycles. The topological polar surface area (TPSA) is 49.3 Å². The van der Waals surface area contributed by atoms with Gasteiger partial charge in [0.1, 0.15) is 5.82 Å². The number of carboxylic acids is 1. The highest BCUT2D eigenvalue weighted by Gasteiger charge is 2.31. The molecule has 0 radical (unpaired) electrons. The second-order valence-electron chi connectivity index (χ2n) is 4.16. The van der Waals surface area contributed by atoms with Gasteiger partial charge in [0.2, 0.25) is 0 Å². The van der Waals surface area contributed by atoms with Crippen molar-refractivity contribution in [3.05, 3.63) is 35.6 Å². The third-order valence-corrected chi connectivity index (χ3v) is 3.03. The van der Waals surface area contributed by atoms with Gasteiger partial charge in [-0.2, -0.15) is 0 Å². The number of carbonyl (C=O) groups is 1. The molecule has 0 aliphatic heterocycles. The molecule has 0 spiro atoms. The minimum Gasteiger partial charge on any atom is -0.480 e. The first-order valence-electron chi connectivity index (χ1n) is 5.36. The molecule has 1 aromatic carbocycles. The average Bonchev–Trinajstić information content (AvgIpc) is 2.17. The summed E-state index contributed by atoms with van der Waals surface area (Å²) < 4.78 is 13.4. The predicted octanol–water partition coefficient (Wildman–Crippen LogP) is 1.75. The van der Waals surface area contributed by atoms with Crippen molar-refractivity contribution in [2.45, 2.75) is 24.8 Å². The lowest BCUT2D eigenvalue weighted by Gasteiger charge is -2.36. The van der Waals surface area contributed by atoms with Crippen LogP contribution in [0.2, 0.25) is 0 Å². The van der Waals surface area contributed by atoms with Gasteiger partial charge in [-0.15, -0.1) is 0 Å². The van der Waals surface area contributed by atoms with Crippen LogP contribution in [0.5, 0.6) is 0 Å². The number of aliphatic carboxylic acids is 1. The summed E-state index contributed by atoms with van der Waals surface area (Å²) in [6, 6.07) is 6.98. The zero-order chi connectivity index (χ0) is 11.5. The first kappa shape index (κ1) is 11.1. The smallest absolute Gasteiger partial charge is 0.317 e. The molecule has 0 amide bonds. The van der Waals surface area contributed by atoms with Gasteiger partial charge in [0.25, 0.3) is 0 Å². The third kappa shape index (κ3) is 2.39. The molecule has 3 nitrogen and oxygen atoms in total. The van der Waals surface area contributed by atoms with Crippen LogP contribution < -0.4 is 5.32 Å². The molecule has 1 aliphatic carbocycles. The number of hydrogen-bond donors (Lipinski definition) is 2. The minimum atomic E-state index is -0.852. The molecule has 0 aromatic heterocycles. The monoisotopic (exact) mass is 223 g/mol. The second-order valence-corrected chi connectivity index (χ2v) is 4.16. The Morgan fingerprint density at radius 3 is 2.75 bits per heavy atom. The molecule has 2 N–H and O–H groups in total. The highest BCUT2D eigenvalue weighted by Crippen LogP contribution is 2.37. The van der Waals surface area contributed by atoms with Gasteiger partial charge in [0.05, 0.1) is 6.54 Å². The fourth-order valence-corrected chi connectivity index (χ4v) is 2.08. The van der Waals surface area contributed by atoms with Crippen molar-refractivity contribution in [1.82, 2.24) is 5.32 Å². The molecule has 1 fully saturated rings. The lowest BCUT2D eigenvalue weighted by molar-refractivity contribution is -0.136. The van der Waals surface area contributed by atoms with E-state index in [9.17, 15) is 9.18 Å². The van der Waals surface area contributed by atoms with Gasteiger partial charge >= 0.3 is 5.97 Å². The van der Waals surface area contributed by atoms with Gasteiger partial charge in [-0.1, -0.05) is 18.2 Å². The van der Waals surface area contributed by atoms with Gasteiger partial charge < -0.3 is 10.4 Å². The fraction of sp³-hybridized carbons (Fsp3) is 0.417. The Hall–Kier alpha value is -1.42. The number of hydrogen-bond acceptors (Lipinski definition) is 2. The number of benzene rings is 1. The minimum absolute atomic E-state index is 0.0192. The maximum absolute atomic E-state index is 13.4. The molecule has 4 heteroatoms. The third-order valence-electron chi connectivity index (χ3n) is 3.03. The Morgan fingerprint density at radius 1 is 1.44 bits per heavy atom. The molecule has 0 bridgehead atoms. The van der Waals surface area contributed by atoms with E-state index in [1.54, 1.807) is 12.1 Å². The van der Waals surface area contributed by atoms with Crippen molar-refractivity contribution in [2.75, 3.05) is 6.54 Å². The Labute approximate surface area is 93.3 Å². The molecule has 0 atom stereocenters. The number of nitrogens with one attached hydrogen (secondary N) is 1. The normalized spacial score (nSPS) is 23.8. The van der Waals surface area contributed by atoms with E-state index < -0.39 is 5.97 Å². The summed E-state index contributed by atoms with van der Waals surface area (Å²) in [4.78, 5) is 10.3. The number of rotatable bonds is 4. The standard InChI is InChI=1S/C12H14FNO2/c13-11-4-2-1-3-10(11)8-5-9(6-8)14-7-12(15)16/h1-4,8-9,14H,5-7H2,(H,15,16). The SMILES string of the molecule is O=C(O)CNC1CC(c2ccccc2F)C1. The van der Waals surface area contributed by atoms with Crippen molar-refractivity contribution in [1.29, 1.82) is 0 Å². The number of carboxylic acid groups (broad SMARTS) is 1. The summed E-state index contributed by atoms with van der Waals surface area (Å²) in [7, 11) is 0. The van der Waals surface area contributed by atoms with E-state index in [4.69, 9.17) is 5.11 Å². The van der Waals surface area contributed by atoms with E-state index in [1.807, 2.05) is 6.07 Å². The van der Waals surface area contributed by atoms with Gasteiger partial charge in [-0.3, -0.25) is 4.79 Å². The summed E-state index contributed by atoms with van der Waals surface area (Å²) in [6.45, 7) is -0.0192. The van der Waals surface area contributed by atoms with E-state index in [1.165, 1.54) is 6.07 Å². The Morgan fingerprint density at radius 2 is 2.12 bits per heavy atom. The highest BCUT2D eigenvalue weighted by atomic mass is 19.1. The van der Waals surface area contributed by atoms with E-state index in [0.717, 1.165) is 18.4 Å². The number of halogens is 1. The molecule has 0 unspecified atom stereocenters. The van der Waals surface area contributed by atoms with Crippen LogP contribution in [0.3, 0.4) is 0 Å². The fourth-order valence-electron chi connectivity index (χ4n) is 2.08. The Kier molecular flexibility index (Phi) is 3.19. The predicted molar refractivity (Wildman–Crippen MR) is 57.8 cm³/mol. The average molecular weight is 223 g/mol. The zero-order valence-corrected chi connectivity index (χ0v) is 8.82. The quantitative estimate of drug-likeness (QED) is 0.817. The second kappa shape index (κ2) is 4.61. The first-order valence-corrected chi connectivity index (χ1v) is 5.36. The van der Waals surface area contributed by atoms with Gasteiger partial charge in [-0.05, 0) is 30.4 Å². The van der Waals surface area contributed by atoms with Crippen molar-refractivity contribution >= 4 is 5.97 Å². The summed E-state index contributed by atoms with van der Waals surface area (Å²) >= 11 is 0. The van der Waals surface area contributed by atoms with Crippen LogP contribution in [0.1, 0.15) is 24.3 Å². The zero-order valence-electron chi connectivity index (χ0n) is 8.82. The van der Waals surface area contributed by atoms with Crippen LogP contribution in [0.4, 0.5) is 4.39 Å². The molecule has 16 heavy (non-hydrogen) atoms. The van der Waals surface area contributed by atoms with Crippen LogP contribution in [-0.4, -0.2) is 23.7 Å². The largest absolute Gasteiger partial charge is 0.480 e. The van der Waals surface area contributed by atoms with Crippen molar-refractivity contribution in [2.24, 2.45) is 0 Å². The van der Waals surface area contributed by atoms with Crippen LogP contribution in [-0.2, 0) is 4.79 Å². The van der Waals surface area contributed by atoms with E-state index >= 15 is 0 Å². The lowest BCUT2D eigenvalue weighted by atomic mass is 9.75. The molecule has 0 saturated heterocycles. The van der Waals surface area contributed by atoms with Crippen molar-refractivity contribution in [3.8, 4) is 0 Å². The molecule has 86 valence electrons. The Balaban J connectivity index is 1.84. The molecule has 1 aromatic rings. The van der Waals surface area contributed by atoms with Gasteiger partial charge in [0.15, 0.2) is 0 Å². The van der Waals surface area contributed by atoms with Crippen LogP contribution in [0, 0.1) is 5.82 Å². The van der Waals surface area contributed by atoms with Crippen LogP contribution >= 0.6 is 0 Å². The molecule has 0 heterocycles. The van der Waals surface area contributed by atoms with Crippen molar-refractivity contribution < 1.29 is 14.3 Å². The van der Waals surface area contributed by atoms with E-state index in [2.05, 4.69) is 5.32 Å². The van der Waals surface area contributed by atoms with E-state index in [0.29, 0.717) is 0 Å². The highest BCUT2D eigenvalue weighted by molar-refractivity contribution is 5.69. The van der Waals surface area contributed by atoms with Crippen LogP contribution in [0.15, 0.2) is 24.3 Å². The summed E-state index contributed by atoms with van der Waals surface area (Å²) in [5.74, 6) is -0.786. The maximum Gasteiger partial charge on any atom is 0.317 e. The molecular weight excluding hydrogens is 209 g/mol. The molecule has 1 aliphatic rings. The first-order chi connectivity index (χ1) is 7.66. The van der Waals surface area contributed by atoms with Gasteiger partial charge in [-0.25, -0.2) is 4.39 Å². The Bertz CT molecular complexity index is 388. The van der Waals surface area contributed by atoms with Gasteiger partial charge in [0, 0.05) is 6.04 Å². The lowest BCUT2D eigenvalue weighted by Crippen LogP contribution is -2.42. The summed E-state index contributed by atoms with van der Waals surface area (Å²) in [6.07, 6.45) is 1.63. The molecule has 2 rings (SSSR count). The maximum atomic E-state index is 13.4. The summed E-state index contributed by atoms with van der Waals surface area (Å²) in [5.41, 5.74) is 0.746. The van der Waals surface area contributed by atoms with Crippen LogP contribution in [0.25, 0.3) is 0 Å². The molecular formula is C12H14FNO2. The summed E-state index contributed by atoms with van der Waals surface area (Å²) in [5, 5.41) is 11.4.